The fourth-order valence-corrected chi connectivity index (χ4v) is 2.18. The number of halogens is 2. The van der Waals surface area contributed by atoms with Crippen LogP contribution in [-0.4, -0.2) is 18.5 Å². The maximum atomic E-state index is 6.04. The van der Waals surface area contributed by atoms with Crippen LogP contribution in [0.25, 0.3) is 0 Å². The third-order valence-electron chi connectivity index (χ3n) is 1.54. The van der Waals surface area contributed by atoms with Crippen LogP contribution in [0.3, 0.4) is 0 Å². The maximum absolute atomic E-state index is 6.04. The molecule has 0 bridgehead atoms. The maximum Gasteiger partial charge on any atom is 0.161 e. The second-order valence-electron chi connectivity index (χ2n) is 2.47. The van der Waals surface area contributed by atoms with Crippen LogP contribution in [-0.2, 0) is 0 Å². The molecule has 1 rings (SSSR count). The van der Waals surface area contributed by atoms with Gasteiger partial charge < -0.3 is 5.32 Å². The SMILES string of the molecule is CNC(=Nc1ccc(I)cc1Cl)SC. The minimum Gasteiger partial charge on any atom is -0.368 e. The van der Waals surface area contributed by atoms with Gasteiger partial charge in [-0.15, -0.1) is 0 Å². The molecule has 0 heterocycles. The Hall–Kier alpha value is 0.0600. The third kappa shape index (κ3) is 3.33. The minimum absolute atomic E-state index is 0.679. The Labute approximate surface area is 107 Å². The Morgan fingerprint density at radius 2 is 2.29 bits per heavy atom. The first-order valence-electron chi connectivity index (χ1n) is 3.93. The van der Waals surface area contributed by atoms with E-state index in [1.807, 2.05) is 31.5 Å². The standard InChI is InChI=1S/C9H10ClIN2S/c1-12-9(14-2)13-8-4-3-6(11)5-7(8)10/h3-5H,1-2H3,(H,12,13). The van der Waals surface area contributed by atoms with Gasteiger partial charge in [-0.25, -0.2) is 4.99 Å². The molecule has 0 spiro atoms. The van der Waals surface area contributed by atoms with Crippen LogP contribution >= 0.6 is 46.0 Å². The van der Waals surface area contributed by atoms with Crippen molar-refractivity contribution in [1.82, 2.24) is 5.32 Å². The highest BCUT2D eigenvalue weighted by Gasteiger charge is 2.00. The van der Waals surface area contributed by atoms with Gasteiger partial charge in [-0.1, -0.05) is 23.4 Å². The van der Waals surface area contributed by atoms with Crippen molar-refractivity contribution in [2.75, 3.05) is 13.3 Å². The van der Waals surface area contributed by atoms with Gasteiger partial charge in [-0.2, -0.15) is 0 Å². The molecule has 0 aliphatic carbocycles. The zero-order valence-electron chi connectivity index (χ0n) is 7.84. The van der Waals surface area contributed by atoms with E-state index in [-0.39, 0.29) is 0 Å². The highest BCUT2D eigenvalue weighted by atomic mass is 127. The summed E-state index contributed by atoms with van der Waals surface area (Å²) in [5, 5.41) is 4.53. The molecule has 0 fully saturated rings. The number of hydrogen-bond acceptors (Lipinski definition) is 2. The van der Waals surface area contributed by atoms with Gasteiger partial charge in [0.1, 0.15) is 0 Å². The summed E-state index contributed by atoms with van der Waals surface area (Å²) in [6.45, 7) is 0. The van der Waals surface area contributed by atoms with E-state index in [4.69, 9.17) is 11.6 Å². The van der Waals surface area contributed by atoms with Crippen LogP contribution in [0.4, 0.5) is 5.69 Å². The molecule has 1 aromatic carbocycles. The van der Waals surface area contributed by atoms with Crippen LogP contribution in [0.15, 0.2) is 23.2 Å². The van der Waals surface area contributed by atoms with Gasteiger partial charge in [0, 0.05) is 10.6 Å². The Morgan fingerprint density at radius 1 is 1.57 bits per heavy atom. The number of aliphatic imine (C=N–C) groups is 1. The lowest BCUT2D eigenvalue weighted by atomic mass is 10.3. The Kier molecular flexibility index (Phi) is 5.05. The van der Waals surface area contributed by atoms with Gasteiger partial charge in [0.2, 0.25) is 0 Å². The van der Waals surface area contributed by atoms with Crippen LogP contribution in [0, 0.1) is 3.57 Å². The number of rotatable bonds is 1. The second-order valence-corrected chi connectivity index (χ2v) is 4.91. The summed E-state index contributed by atoms with van der Waals surface area (Å²) in [5.74, 6) is 0. The lowest BCUT2D eigenvalue weighted by Gasteiger charge is -2.03. The van der Waals surface area contributed by atoms with Gasteiger partial charge in [-0.05, 0) is 47.0 Å². The fraction of sp³-hybridized carbons (Fsp3) is 0.222. The molecule has 0 amide bonds. The minimum atomic E-state index is 0.679. The van der Waals surface area contributed by atoms with E-state index in [2.05, 4.69) is 32.9 Å². The van der Waals surface area contributed by atoms with Gasteiger partial charge >= 0.3 is 0 Å². The summed E-state index contributed by atoms with van der Waals surface area (Å²) >= 11 is 9.82. The number of thioether (sulfide) groups is 1. The zero-order valence-corrected chi connectivity index (χ0v) is 11.6. The van der Waals surface area contributed by atoms with E-state index in [0.29, 0.717) is 5.02 Å². The fourth-order valence-electron chi connectivity index (χ4n) is 0.885. The average Bonchev–Trinajstić information content (AvgIpc) is 2.17. The number of amidine groups is 1. The summed E-state index contributed by atoms with van der Waals surface area (Å²) in [4.78, 5) is 4.37. The molecule has 0 aromatic heterocycles. The van der Waals surface area contributed by atoms with Gasteiger partial charge in [0.25, 0.3) is 0 Å². The Morgan fingerprint density at radius 3 is 2.79 bits per heavy atom. The van der Waals surface area contributed by atoms with Gasteiger partial charge in [0.15, 0.2) is 5.17 Å². The van der Waals surface area contributed by atoms with Crippen LogP contribution in [0.5, 0.6) is 0 Å². The second kappa shape index (κ2) is 5.82. The monoisotopic (exact) mass is 340 g/mol. The summed E-state index contributed by atoms with van der Waals surface area (Å²) in [6, 6.07) is 5.80. The van der Waals surface area contributed by atoms with Gasteiger partial charge in [-0.3, -0.25) is 0 Å². The third-order valence-corrected chi connectivity index (χ3v) is 3.19. The summed E-state index contributed by atoms with van der Waals surface area (Å²) in [7, 11) is 1.84. The summed E-state index contributed by atoms with van der Waals surface area (Å²) in [6.07, 6.45) is 1.97. The number of nitrogens with one attached hydrogen (secondary N) is 1. The van der Waals surface area contributed by atoms with Crippen LogP contribution in [0.2, 0.25) is 5.02 Å². The van der Waals surface area contributed by atoms with Crippen molar-refractivity contribution in [2.45, 2.75) is 0 Å². The molecule has 1 aromatic rings. The molecule has 0 saturated carbocycles. The molecule has 1 N–H and O–H groups in total. The molecule has 0 unspecified atom stereocenters. The first-order valence-corrected chi connectivity index (χ1v) is 6.61. The number of hydrogen-bond donors (Lipinski definition) is 1. The van der Waals surface area contributed by atoms with Gasteiger partial charge in [0.05, 0.1) is 10.7 Å². The highest BCUT2D eigenvalue weighted by molar-refractivity contribution is 14.1. The van der Waals surface area contributed by atoms with Crippen LogP contribution in [0.1, 0.15) is 0 Å². The van der Waals surface area contributed by atoms with Crippen LogP contribution < -0.4 is 5.32 Å². The lowest BCUT2D eigenvalue weighted by Crippen LogP contribution is -2.12. The van der Waals surface area contributed by atoms with Crippen molar-refractivity contribution >= 4 is 56.8 Å². The summed E-state index contributed by atoms with van der Waals surface area (Å²) in [5.41, 5.74) is 0.797. The molecule has 0 aliphatic heterocycles. The van der Waals surface area contributed by atoms with E-state index in [0.717, 1.165) is 14.4 Å². The average molecular weight is 341 g/mol. The molecule has 14 heavy (non-hydrogen) atoms. The predicted molar refractivity (Wildman–Crippen MR) is 73.8 cm³/mol. The molecule has 2 nitrogen and oxygen atoms in total. The largest absolute Gasteiger partial charge is 0.368 e. The van der Waals surface area contributed by atoms with Crippen molar-refractivity contribution in [3.8, 4) is 0 Å². The normalized spacial score (nSPS) is 11.6. The van der Waals surface area contributed by atoms with E-state index in [1.54, 1.807) is 11.8 Å². The quantitative estimate of drug-likeness (QED) is 0.480. The number of nitrogens with zero attached hydrogens (tertiary/aromatic N) is 1. The van der Waals surface area contributed by atoms with E-state index < -0.39 is 0 Å². The Balaban J connectivity index is 3.02. The molecule has 0 atom stereocenters. The van der Waals surface area contributed by atoms with Crippen molar-refractivity contribution in [3.05, 3.63) is 26.8 Å². The van der Waals surface area contributed by atoms with Crippen molar-refractivity contribution < 1.29 is 0 Å². The molecule has 5 heteroatoms. The first kappa shape index (κ1) is 12.1. The molecular formula is C9H10ClIN2S. The first-order chi connectivity index (χ1) is 6.67. The van der Waals surface area contributed by atoms with E-state index in [1.165, 1.54) is 0 Å². The molecular weight excluding hydrogens is 331 g/mol. The van der Waals surface area contributed by atoms with Crippen molar-refractivity contribution in [1.29, 1.82) is 0 Å². The smallest absolute Gasteiger partial charge is 0.161 e. The number of benzene rings is 1. The molecule has 0 saturated heterocycles. The van der Waals surface area contributed by atoms with E-state index in [9.17, 15) is 0 Å². The molecule has 0 radical (unpaired) electrons. The van der Waals surface area contributed by atoms with E-state index >= 15 is 0 Å². The Bertz CT molecular complexity index is 349. The topological polar surface area (TPSA) is 24.4 Å². The van der Waals surface area contributed by atoms with Crippen molar-refractivity contribution in [3.63, 3.8) is 0 Å². The summed E-state index contributed by atoms with van der Waals surface area (Å²) < 4.78 is 1.11. The highest BCUT2D eigenvalue weighted by Crippen LogP contribution is 2.27. The molecule has 76 valence electrons. The predicted octanol–water partition coefficient (Wildman–Crippen LogP) is 3.51. The zero-order chi connectivity index (χ0) is 10.6. The van der Waals surface area contributed by atoms with Crippen molar-refractivity contribution in [2.24, 2.45) is 4.99 Å². The lowest BCUT2D eigenvalue weighted by molar-refractivity contribution is 1.20. The molecule has 0 aliphatic rings.